The monoisotopic (exact) mass is 223 g/mol. The largest absolute Gasteiger partial charge is 0.300 e. The summed E-state index contributed by atoms with van der Waals surface area (Å²) in [5.41, 5.74) is 1.02. The van der Waals surface area contributed by atoms with Crippen LogP contribution in [0.25, 0.3) is 0 Å². The van der Waals surface area contributed by atoms with Crippen molar-refractivity contribution in [3.63, 3.8) is 0 Å². The predicted octanol–water partition coefficient (Wildman–Crippen LogP) is 3.93. The average molecular weight is 223 g/mol. The maximum absolute atomic E-state index is 2.76. The van der Waals surface area contributed by atoms with Crippen LogP contribution in [0.3, 0.4) is 0 Å². The van der Waals surface area contributed by atoms with Gasteiger partial charge in [0, 0.05) is 6.04 Å². The van der Waals surface area contributed by atoms with Gasteiger partial charge in [0.2, 0.25) is 0 Å². The smallest absolute Gasteiger partial charge is 0.0100 e. The second-order valence-electron chi connectivity index (χ2n) is 7.58. The first-order chi connectivity index (χ1) is 7.32. The molecule has 0 unspecified atom stereocenters. The molecule has 1 heterocycles. The molecule has 2 rings (SSSR count). The molecule has 0 N–H and O–H groups in total. The van der Waals surface area contributed by atoms with Crippen molar-refractivity contribution in [2.24, 2.45) is 16.7 Å². The molecule has 1 nitrogen and oxygen atoms in total. The highest BCUT2D eigenvalue weighted by molar-refractivity contribution is 4.94. The van der Waals surface area contributed by atoms with Crippen molar-refractivity contribution in [1.82, 2.24) is 4.90 Å². The topological polar surface area (TPSA) is 3.24 Å². The summed E-state index contributed by atoms with van der Waals surface area (Å²) in [7, 11) is 0. The van der Waals surface area contributed by atoms with Gasteiger partial charge in [0.15, 0.2) is 0 Å². The van der Waals surface area contributed by atoms with Crippen LogP contribution < -0.4 is 0 Å². The van der Waals surface area contributed by atoms with Gasteiger partial charge in [-0.3, -0.25) is 0 Å². The minimum Gasteiger partial charge on any atom is -0.300 e. The van der Waals surface area contributed by atoms with Crippen molar-refractivity contribution in [2.75, 3.05) is 13.1 Å². The maximum Gasteiger partial charge on any atom is 0.0100 e. The molecule has 0 atom stereocenters. The lowest BCUT2D eigenvalue weighted by molar-refractivity contribution is -0.0174. The van der Waals surface area contributed by atoms with Gasteiger partial charge in [-0.15, -0.1) is 0 Å². The lowest BCUT2D eigenvalue weighted by Crippen LogP contribution is -2.51. The maximum atomic E-state index is 2.76. The summed E-state index contributed by atoms with van der Waals surface area (Å²) >= 11 is 0. The Kier molecular flexibility index (Phi) is 3.11. The molecule has 1 heteroatoms. The fraction of sp³-hybridized carbons (Fsp3) is 1.00. The molecule has 1 aliphatic heterocycles. The van der Waals surface area contributed by atoms with Crippen LogP contribution in [0.15, 0.2) is 0 Å². The van der Waals surface area contributed by atoms with E-state index in [-0.39, 0.29) is 0 Å². The number of likely N-dealkylation sites (tertiary alicyclic amines) is 1. The van der Waals surface area contributed by atoms with Gasteiger partial charge < -0.3 is 4.90 Å². The van der Waals surface area contributed by atoms with Gasteiger partial charge in [-0.25, -0.2) is 0 Å². The molecule has 0 amide bonds. The molecule has 0 aromatic heterocycles. The van der Waals surface area contributed by atoms with E-state index in [1.165, 1.54) is 38.8 Å². The molecular weight excluding hydrogens is 194 g/mol. The molecule has 16 heavy (non-hydrogen) atoms. The zero-order valence-corrected chi connectivity index (χ0v) is 11.8. The molecule has 2 fully saturated rings. The standard InChI is InChI=1S/C15H29N/c1-12-10-13(11-12)16-8-6-15(5,7-9-16)14(2,3)4/h12-13H,6-11H2,1-5H3. The SMILES string of the molecule is CC1CC(N2CCC(C)(C(C)(C)C)CC2)C1. The predicted molar refractivity (Wildman–Crippen MR) is 70.6 cm³/mol. The first-order valence-corrected chi connectivity index (χ1v) is 7.06. The molecule has 0 spiro atoms. The minimum absolute atomic E-state index is 0.464. The zero-order valence-electron chi connectivity index (χ0n) is 11.8. The van der Waals surface area contributed by atoms with E-state index >= 15 is 0 Å². The quantitative estimate of drug-likeness (QED) is 0.651. The second kappa shape index (κ2) is 4.01. The molecule has 1 aliphatic carbocycles. The Morgan fingerprint density at radius 3 is 1.94 bits per heavy atom. The number of rotatable bonds is 1. The highest BCUT2D eigenvalue weighted by atomic mass is 15.2. The van der Waals surface area contributed by atoms with E-state index in [2.05, 4.69) is 39.5 Å². The van der Waals surface area contributed by atoms with Crippen molar-refractivity contribution < 1.29 is 0 Å². The Labute approximate surface area is 102 Å². The Morgan fingerprint density at radius 2 is 1.56 bits per heavy atom. The molecule has 2 aliphatic rings. The van der Waals surface area contributed by atoms with Gasteiger partial charge >= 0.3 is 0 Å². The van der Waals surface area contributed by atoms with Crippen molar-refractivity contribution in [1.29, 1.82) is 0 Å². The lowest BCUT2D eigenvalue weighted by Gasteiger charge is -2.51. The summed E-state index contributed by atoms with van der Waals surface area (Å²) in [6.45, 7) is 14.8. The van der Waals surface area contributed by atoms with Gasteiger partial charge in [-0.2, -0.15) is 0 Å². The fourth-order valence-electron chi connectivity index (χ4n) is 3.29. The van der Waals surface area contributed by atoms with Crippen LogP contribution in [0.1, 0.15) is 60.3 Å². The Balaban J connectivity index is 1.87. The molecule has 0 radical (unpaired) electrons. The van der Waals surface area contributed by atoms with E-state index in [1.807, 2.05) is 0 Å². The molecule has 0 bridgehead atoms. The van der Waals surface area contributed by atoms with Crippen LogP contribution in [-0.2, 0) is 0 Å². The molecule has 94 valence electrons. The molecular formula is C15H29N. The third kappa shape index (κ3) is 2.16. The molecule has 1 saturated carbocycles. The Bertz CT molecular complexity index is 237. The fourth-order valence-corrected chi connectivity index (χ4v) is 3.29. The van der Waals surface area contributed by atoms with Gasteiger partial charge in [0.1, 0.15) is 0 Å². The summed E-state index contributed by atoms with van der Waals surface area (Å²) < 4.78 is 0. The van der Waals surface area contributed by atoms with Crippen LogP contribution in [-0.4, -0.2) is 24.0 Å². The third-order valence-electron chi connectivity index (χ3n) is 5.58. The summed E-state index contributed by atoms with van der Waals surface area (Å²) in [5, 5.41) is 0. The van der Waals surface area contributed by atoms with Crippen molar-refractivity contribution in [3.8, 4) is 0 Å². The summed E-state index contributed by atoms with van der Waals surface area (Å²) in [4.78, 5) is 2.76. The Morgan fingerprint density at radius 1 is 1.06 bits per heavy atom. The van der Waals surface area contributed by atoms with Gasteiger partial charge in [0.25, 0.3) is 0 Å². The van der Waals surface area contributed by atoms with Crippen molar-refractivity contribution >= 4 is 0 Å². The summed E-state index contributed by atoms with van der Waals surface area (Å²) in [6.07, 6.45) is 5.68. The highest BCUT2D eigenvalue weighted by Gasteiger charge is 2.42. The third-order valence-corrected chi connectivity index (χ3v) is 5.58. The number of hydrogen-bond donors (Lipinski definition) is 0. The Hall–Kier alpha value is -0.0400. The first kappa shape index (κ1) is 12.4. The van der Waals surface area contributed by atoms with Crippen LogP contribution in [0.2, 0.25) is 0 Å². The zero-order chi connectivity index (χ0) is 12.0. The summed E-state index contributed by atoms with van der Waals surface area (Å²) in [6, 6.07) is 0.930. The van der Waals surface area contributed by atoms with Crippen LogP contribution in [0.4, 0.5) is 0 Å². The van der Waals surface area contributed by atoms with E-state index < -0.39 is 0 Å². The molecule has 0 aromatic carbocycles. The normalized spacial score (nSPS) is 35.8. The average Bonchev–Trinajstić information content (AvgIpc) is 2.13. The summed E-state index contributed by atoms with van der Waals surface area (Å²) in [5.74, 6) is 0.987. The van der Waals surface area contributed by atoms with E-state index in [0.29, 0.717) is 10.8 Å². The van der Waals surface area contributed by atoms with Crippen molar-refractivity contribution in [2.45, 2.75) is 66.3 Å². The number of hydrogen-bond acceptors (Lipinski definition) is 1. The van der Waals surface area contributed by atoms with Gasteiger partial charge in [-0.1, -0.05) is 34.6 Å². The minimum atomic E-state index is 0.464. The molecule has 1 saturated heterocycles. The van der Waals surface area contributed by atoms with Crippen LogP contribution in [0, 0.1) is 16.7 Å². The van der Waals surface area contributed by atoms with E-state index in [0.717, 1.165) is 12.0 Å². The number of nitrogens with zero attached hydrogens (tertiary/aromatic N) is 1. The second-order valence-corrected chi connectivity index (χ2v) is 7.58. The van der Waals surface area contributed by atoms with E-state index in [9.17, 15) is 0 Å². The molecule has 0 aromatic rings. The van der Waals surface area contributed by atoms with Crippen molar-refractivity contribution in [3.05, 3.63) is 0 Å². The van der Waals surface area contributed by atoms with Gasteiger partial charge in [-0.05, 0) is 55.5 Å². The van der Waals surface area contributed by atoms with E-state index in [4.69, 9.17) is 0 Å². The van der Waals surface area contributed by atoms with E-state index in [1.54, 1.807) is 0 Å². The highest BCUT2D eigenvalue weighted by Crippen LogP contribution is 2.47. The lowest BCUT2D eigenvalue weighted by atomic mass is 9.62. The van der Waals surface area contributed by atoms with Gasteiger partial charge in [0.05, 0.1) is 0 Å². The first-order valence-electron chi connectivity index (χ1n) is 7.06. The number of piperidine rings is 1. The van der Waals surface area contributed by atoms with Crippen LogP contribution >= 0.6 is 0 Å². The van der Waals surface area contributed by atoms with Crippen LogP contribution in [0.5, 0.6) is 0 Å².